The van der Waals surface area contributed by atoms with Crippen LogP contribution in [-0.2, 0) is 10.0 Å². The zero-order valence-corrected chi connectivity index (χ0v) is 12.4. The maximum absolute atomic E-state index is 12.7. The van der Waals surface area contributed by atoms with E-state index in [4.69, 9.17) is 0 Å². The first kappa shape index (κ1) is 14.1. The molecule has 0 heterocycles. The normalized spacial score (nSPS) is 17.7. The molecule has 0 aliphatic heterocycles. The van der Waals surface area contributed by atoms with Gasteiger partial charge in [-0.25, -0.2) is 8.42 Å². The van der Waals surface area contributed by atoms with Gasteiger partial charge >= 0.3 is 0 Å². The Kier molecular flexibility index (Phi) is 3.44. The molecule has 5 heteroatoms. The Bertz CT molecular complexity index is 810. The minimum absolute atomic E-state index is 0.238. The monoisotopic (exact) mass is 300 g/mol. The summed E-state index contributed by atoms with van der Waals surface area (Å²) in [5, 5.41) is 10.9. The third kappa shape index (κ3) is 2.53. The van der Waals surface area contributed by atoms with E-state index >= 15 is 0 Å². The SMILES string of the molecule is N#CC1(NS(=O)(=O)c2cccc3ccccc23)CCCC1. The lowest BCUT2D eigenvalue weighted by Gasteiger charge is -2.22. The molecule has 1 fully saturated rings. The summed E-state index contributed by atoms with van der Waals surface area (Å²) in [5.74, 6) is 0. The zero-order chi connectivity index (χ0) is 14.9. The molecule has 0 saturated heterocycles. The van der Waals surface area contributed by atoms with Crippen LogP contribution in [0.5, 0.6) is 0 Å². The van der Waals surface area contributed by atoms with Gasteiger partial charge in [-0.2, -0.15) is 9.98 Å². The Morgan fingerprint density at radius 3 is 2.43 bits per heavy atom. The third-order valence-electron chi connectivity index (χ3n) is 4.04. The standard InChI is InChI=1S/C16H16N2O2S/c17-12-16(10-3-4-11-16)18-21(19,20)15-9-5-7-13-6-1-2-8-14(13)15/h1-2,5-9,18H,3-4,10-11H2. The summed E-state index contributed by atoms with van der Waals surface area (Å²) < 4.78 is 28.0. The maximum atomic E-state index is 12.7. The van der Waals surface area contributed by atoms with Crippen LogP contribution < -0.4 is 4.72 Å². The van der Waals surface area contributed by atoms with Gasteiger partial charge in [0.05, 0.1) is 11.0 Å². The van der Waals surface area contributed by atoms with Crippen LogP contribution in [0.15, 0.2) is 47.4 Å². The molecule has 1 N–H and O–H groups in total. The van der Waals surface area contributed by atoms with Crippen molar-refractivity contribution in [2.24, 2.45) is 0 Å². The zero-order valence-electron chi connectivity index (χ0n) is 11.5. The van der Waals surface area contributed by atoms with Gasteiger partial charge in [0, 0.05) is 5.39 Å². The first-order valence-corrected chi connectivity index (χ1v) is 8.48. The summed E-state index contributed by atoms with van der Waals surface area (Å²) in [7, 11) is -3.71. The average Bonchev–Trinajstić information content (AvgIpc) is 2.95. The number of nitrogens with zero attached hydrogens (tertiary/aromatic N) is 1. The Morgan fingerprint density at radius 1 is 1.05 bits per heavy atom. The molecule has 0 radical (unpaired) electrons. The van der Waals surface area contributed by atoms with Crippen molar-refractivity contribution >= 4 is 20.8 Å². The Morgan fingerprint density at radius 2 is 1.71 bits per heavy atom. The Hall–Kier alpha value is -1.90. The number of nitrogens with one attached hydrogen (secondary N) is 1. The maximum Gasteiger partial charge on any atom is 0.242 e. The molecule has 0 atom stereocenters. The minimum atomic E-state index is -3.71. The second-order valence-electron chi connectivity index (χ2n) is 5.48. The van der Waals surface area contributed by atoms with Crippen molar-refractivity contribution in [1.82, 2.24) is 4.72 Å². The van der Waals surface area contributed by atoms with Gasteiger partial charge in [0.2, 0.25) is 10.0 Å². The molecule has 1 saturated carbocycles. The van der Waals surface area contributed by atoms with Crippen molar-refractivity contribution in [3.63, 3.8) is 0 Å². The molecule has 1 aliphatic carbocycles. The van der Waals surface area contributed by atoms with Gasteiger partial charge < -0.3 is 0 Å². The fourth-order valence-electron chi connectivity index (χ4n) is 2.96. The molecule has 108 valence electrons. The molecule has 3 rings (SSSR count). The first-order chi connectivity index (χ1) is 10.1. The van der Waals surface area contributed by atoms with Crippen LogP contribution in [-0.4, -0.2) is 14.0 Å². The fraction of sp³-hybridized carbons (Fsp3) is 0.312. The van der Waals surface area contributed by atoms with Crippen LogP contribution in [0.2, 0.25) is 0 Å². The van der Waals surface area contributed by atoms with Gasteiger partial charge in [-0.15, -0.1) is 0 Å². The minimum Gasteiger partial charge on any atom is -0.207 e. The van der Waals surface area contributed by atoms with Crippen molar-refractivity contribution in [2.45, 2.75) is 36.1 Å². The van der Waals surface area contributed by atoms with E-state index in [9.17, 15) is 13.7 Å². The fourth-order valence-corrected chi connectivity index (χ4v) is 4.56. The third-order valence-corrected chi connectivity index (χ3v) is 5.63. The number of nitriles is 1. The van der Waals surface area contributed by atoms with Gasteiger partial charge in [0.25, 0.3) is 0 Å². The second-order valence-corrected chi connectivity index (χ2v) is 7.13. The smallest absolute Gasteiger partial charge is 0.207 e. The van der Waals surface area contributed by atoms with Crippen molar-refractivity contribution in [3.8, 4) is 6.07 Å². The second kappa shape index (κ2) is 5.14. The van der Waals surface area contributed by atoms with Crippen LogP contribution in [0.4, 0.5) is 0 Å². The van der Waals surface area contributed by atoms with E-state index in [-0.39, 0.29) is 4.90 Å². The van der Waals surface area contributed by atoms with Gasteiger partial charge in [0.1, 0.15) is 5.54 Å². The van der Waals surface area contributed by atoms with E-state index in [2.05, 4.69) is 10.8 Å². The number of fused-ring (bicyclic) bond motifs is 1. The first-order valence-electron chi connectivity index (χ1n) is 6.99. The number of hydrogen-bond donors (Lipinski definition) is 1. The van der Waals surface area contributed by atoms with E-state index in [1.165, 1.54) is 0 Å². The predicted molar refractivity (Wildman–Crippen MR) is 81.1 cm³/mol. The molecule has 2 aromatic carbocycles. The number of rotatable bonds is 3. The van der Waals surface area contributed by atoms with Crippen molar-refractivity contribution < 1.29 is 8.42 Å². The van der Waals surface area contributed by atoms with E-state index in [0.29, 0.717) is 18.2 Å². The van der Waals surface area contributed by atoms with E-state index in [1.807, 2.05) is 24.3 Å². The van der Waals surface area contributed by atoms with Crippen LogP contribution in [0.25, 0.3) is 10.8 Å². The molecule has 0 aromatic heterocycles. The highest BCUT2D eigenvalue weighted by Gasteiger charge is 2.38. The quantitative estimate of drug-likeness (QED) is 0.947. The number of hydrogen-bond acceptors (Lipinski definition) is 3. The molecule has 0 unspecified atom stereocenters. The Balaban J connectivity index is 2.07. The molecule has 0 amide bonds. The highest BCUT2D eigenvalue weighted by molar-refractivity contribution is 7.89. The highest BCUT2D eigenvalue weighted by atomic mass is 32.2. The molecule has 1 aliphatic rings. The number of sulfonamides is 1. The Labute approximate surface area is 124 Å². The van der Waals surface area contributed by atoms with Crippen molar-refractivity contribution in [2.75, 3.05) is 0 Å². The van der Waals surface area contributed by atoms with Crippen LogP contribution in [0.1, 0.15) is 25.7 Å². The van der Waals surface area contributed by atoms with Crippen molar-refractivity contribution in [3.05, 3.63) is 42.5 Å². The van der Waals surface area contributed by atoms with Crippen LogP contribution in [0, 0.1) is 11.3 Å². The topological polar surface area (TPSA) is 70.0 Å². The molecule has 4 nitrogen and oxygen atoms in total. The lowest BCUT2D eigenvalue weighted by Crippen LogP contribution is -2.44. The van der Waals surface area contributed by atoms with Gasteiger partial charge in [-0.05, 0) is 24.3 Å². The molecule has 21 heavy (non-hydrogen) atoms. The molecule has 0 spiro atoms. The van der Waals surface area contributed by atoms with Crippen LogP contribution >= 0.6 is 0 Å². The van der Waals surface area contributed by atoms with Gasteiger partial charge in [0.15, 0.2) is 0 Å². The van der Waals surface area contributed by atoms with Crippen LogP contribution in [0.3, 0.4) is 0 Å². The highest BCUT2D eigenvalue weighted by Crippen LogP contribution is 2.32. The summed E-state index contributed by atoms with van der Waals surface area (Å²) in [6, 6.07) is 14.7. The summed E-state index contributed by atoms with van der Waals surface area (Å²) in [6.45, 7) is 0. The summed E-state index contributed by atoms with van der Waals surface area (Å²) >= 11 is 0. The molecular weight excluding hydrogens is 284 g/mol. The van der Waals surface area contributed by atoms with E-state index < -0.39 is 15.6 Å². The van der Waals surface area contributed by atoms with Crippen molar-refractivity contribution in [1.29, 1.82) is 5.26 Å². The molecular formula is C16H16N2O2S. The molecule has 2 aromatic rings. The largest absolute Gasteiger partial charge is 0.242 e. The molecule has 0 bridgehead atoms. The summed E-state index contributed by atoms with van der Waals surface area (Å²) in [5.41, 5.74) is -0.949. The predicted octanol–water partition coefficient (Wildman–Crippen LogP) is 2.95. The van der Waals surface area contributed by atoms with Gasteiger partial charge in [-0.3, -0.25) is 0 Å². The lowest BCUT2D eigenvalue weighted by molar-refractivity contribution is 0.485. The van der Waals surface area contributed by atoms with E-state index in [1.54, 1.807) is 18.2 Å². The summed E-state index contributed by atoms with van der Waals surface area (Å²) in [6.07, 6.45) is 2.91. The average molecular weight is 300 g/mol. The van der Waals surface area contributed by atoms with Gasteiger partial charge in [-0.1, -0.05) is 49.2 Å². The lowest BCUT2D eigenvalue weighted by atomic mass is 10.0. The number of benzene rings is 2. The van der Waals surface area contributed by atoms with E-state index in [0.717, 1.165) is 18.2 Å². The summed E-state index contributed by atoms with van der Waals surface area (Å²) in [4.78, 5) is 0.238.